The van der Waals surface area contributed by atoms with Gasteiger partial charge in [0, 0.05) is 26.7 Å². The molecule has 1 aliphatic carbocycles. The van der Waals surface area contributed by atoms with Crippen molar-refractivity contribution < 1.29 is 9.21 Å². The normalized spacial score (nSPS) is 21.0. The standard InChI is InChI=1S/C19H26N4O2/c1-13-6-7-15(25-13)9-23-10-16(18-17(11-23)21-12-22(18)2)19(24)20-8-14-4-3-5-14/h6-7,12,14,16H,3-5,8-11H2,1-2H3,(H,20,24). The van der Waals surface area contributed by atoms with Crippen LogP contribution in [0.25, 0.3) is 0 Å². The number of furan rings is 1. The number of imidazole rings is 1. The van der Waals surface area contributed by atoms with Gasteiger partial charge in [0.15, 0.2) is 0 Å². The molecular weight excluding hydrogens is 316 g/mol. The average Bonchev–Trinajstić information content (AvgIpc) is 3.11. The van der Waals surface area contributed by atoms with Gasteiger partial charge in [-0.3, -0.25) is 9.69 Å². The Balaban J connectivity index is 1.49. The van der Waals surface area contributed by atoms with Gasteiger partial charge in [-0.1, -0.05) is 6.42 Å². The van der Waals surface area contributed by atoms with Crippen LogP contribution in [0.2, 0.25) is 0 Å². The Labute approximate surface area is 148 Å². The highest BCUT2D eigenvalue weighted by Gasteiger charge is 2.34. The fourth-order valence-electron chi connectivity index (χ4n) is 3.86. The Morgan fingerprint density at radius 3 is 2.92 bits per heavy atom. The Morgan fingerprint density at radius 2 is 2.24 bits per heavy atom. The number of aryl methyl sites for hydroxylation is 2. The molecule has 25 heavy (non-hydrogen) atoms. The van der Waals surface area contributed by atoms with E-state index in [9.17, 15) is 4.79 Å². The number of rotatable bonds is 5. The van der Waals surface area contributed by atoms with Crippen molar-refractivity contribution in [2.75, 3.05) is 13.1 Å². The van der Waals surface area contributed by atoms with Crippen LogP contribution in [0.1, 0.15) is 48.1 Å². The van der Waals surface area contributed by atoms with E-state index < -0.39 is 0 Å². The van der Waals surface area contributed by atoms with E-state index in [1.807, 2.05) is 37.0 Å². The molecule has 1 unspecified atom stereocenters. The van der Waals surface area contributed by atoms with Crippen LogP contribution < -0.4 is 5.32 Å². The Kier molecular flexibility index (Phi) is 4.37. The second kappa shape index (κ2) is 6.67. The maximum Gasteiger partial charge on any atom is 0.230 e. The molecule has 1 amide bonds. The van der Waals surface area contributed by atoms with E-state index in [0.29, 0.717) is 19.0 Å². The number of nitrogens with one attached hydrogen (secondary N) is 1. The molecule has 1 fully saturated rings. The monoisotopic (exact) mass is 342 g/mol. The van der Waals surface area contributed by atoms with Crippen molar-refractivity contribution >= 4 is 5.91 Å². The van der Waals surface area contributed by atoms with Crippen LogP contribution in [0.4, 0.5) is 0 Å². The molecule has 3 heterocycles. The first-order chi connectivity index (χ1) is 12.1. The van der Waals surface area contributed by atoms with Crippen LogP contribution in [0.5, 0.6) is 0 Å². The molecule has 1 atom stereocenters. The lowest BCUT2D eigenvalue weighted by Crippen LogP contribution is -2.43. The molecule has 0 bridgehead atoms. The Hall–Kier alpha value is -2.08. The van der Waals surface area contributed by atoms with Gasteiger partial charge in [-0.15, -0.1) is 0 Å². The van der Waals surface area contributed by atoms with Gasteiger partial charge >= 0.3 is 0 Å². The molecule has 2 aromatic rings. The van der Waals surface area contributed by atoms with Crippen molar-refractivity contribution in [3.05, 3.63) is 41.4 Å². The Morgan fingerprint density at radius 1 is 1.40 bits per heavy atom. The van der Waals surface area contributed by atoms with Gasteiger partial charge in [0.25, 0.3) is 0 Å². The zero-order chi connectivity index (χ0) is 17.4. The van der Waals surface area contributed by atoms with Crippen LogP contribution in [0.15, 0.2) is 22.9 Å². The van der Waals surface area contributed by atoms with Crippen molar-refractivity contribution in [2.24, 2.45) is 13.0 Å². The number of fused-ring (bicyclic) bond motifs is 1. The minimum absolute atomic E-state index is 0.122. The molecule has 0 radical (unpaired) electrons. The quantitative estimate of drug-likeness (QED) is 0.906. The summed E-state index contributed by atoms with van der Waals surface area (Å²) in [7, 11) is 1.98. The smallest absolute Gasteiger partial charge is 0.230 e. The summed E-state index contributed by atoms with van der Waals surface area (Å²) in [6, 6.07) is 3.99. The molecule has 6 heteroatoms. The fourth-order valence-corrected chi connectivity index (χ4v) is 3.86. The zero-order valence-electron chi connectivity index (χ0n) is 15.0. The van der Waals surface area contributed by atoms with Gasteiger partial charge in [0.2, 0.25) is 5.91 Å². The molecule has 4 rings (SSSR count). The lowest BCUT2D eigenvalue weighted by Gasteiger charge is -2.32. The number of aromatic nitrogens is 2. The molecular formula is C19H26N4O2. The summed E-state index contributed by atoms with van der Waals surface area (Å²) >= 11 is 0. The second-order valence-electron chi connectivity index (χ2n) is 7.46. The summed E-state index contributed by atoms with van der Waals surface area (Å²) in [5.41, 5.74) is 2.05. The third-order valence-corrected chi connectivity index (χ3v) is 5.49. The highest BCUT2D eigenvalue weighted by Crippen LogP contribution is 2.30. The number of hydrogen-bond donors (Lipinski definition) is 1. The molecule has 134 valence electrons. The minimum Gasteiger partial charge on any atom is -0.465 e. The summed E-state index contributed by atoms with van der Waals surface area (Å²) in [4.78, 5) is 19.6. The fraction of sp³-hybridized carbons (Fsp3) is 0.579. The largest absolute Gasteiger partial charge is 0.465 e. The zero-order valence-corrected chi connectivity index (χ0v) is 15.0. The van der Waals surface area contributed by atoms with Crippen LogP contribution >= 0.6 is 0 Å². The topological polar surface area (TPSA) is 63.3 Å². The first kappa shape index (κ1) is 16.4. The lowest BCUT2D eigenvalue weighted by atomic mass is 9.85. The van der Waals surface area contributed by atoms with E-state index in [2.05, 4.69) is 15.2 Å². The third kappa shape index (κ3) is 3.35. The minimum atomic E-state index is -0.174. The van der Waals surface area contributed by atoms with E-state index in [1.165, 1.54) is 19.3 Å². The predicted octanol–water partition coefficient (Wildman–Crippen LogP) is 2.34. The first-order valence-electron chi connectivity index (χ1n) is 9.15. The van der Waals surface area contributed by atoms with E-state index >= 15 is 0 Å². The molecule has 1 saturated carbocycles. The van der Waals surface area contributed by atoms with Gasteiger partial charge in [-0.2, -0.15) is 0 Å². The molecule has 2 aliphatic rings. The molecule has 0 aromatic carbocycles. The predicted molar refractivity (Wildman–Crippen MR) is 93.9 cm³/mol. The van der Waals surface area contributed by atoms with Crippen LogP contribution in [-0.4, -0.2) is 33.4 Å². The number of carbonyl (C=O) groups excluding carboxylic acids is 1. The lowest BCUT2D eigenvalue weighted by molar-refractivity contribution is -0.123. The molecule has 2 aromatic heterocycles. The number of amides is 1. The molecule has 0 spiro atoms. The summed E-state index contributed by atoms with van der Waals surface area (Å²) in [5, 5.41) is 3.17. The maximum atomic E-state index is 12.9. The molecule has 1 N–H and O–H groups in total. The number of hydrogen-bond acceptors (Lipinski definition) is 4. The van der Waals surface area contributed by atoms with E-state index in [1.54, 1.807) is 0 Å². The first-order valence-corrected chi connectivity index (χ1v) is 9.15. The van der Waals surface area contributed by atoms with E-state index in [-0.39, 0.29) is 11.8 Å². The number of nitrogens with zero attached hydrogens (tertiary/aromatic N) is 3. The highest BCUT2D eigenvalue weighted by atomic mass is 16.3. The summed E-state index contributed by atoms with van der Waals surface area (Å²) < 4.78 is 7.71. The Bertz CT molecular complexity index is 759. The van der Waals surface area contributed by atoms with Gasteiger partial charge in [-0.05, 0) is 37.8 Å². The number of carbonyl (C=O) groups is 1. The summed E-state index contributed by atoms with van der Waals surface area (Å²) in [6.45, 7) is 4.91. The van der Waals surface area contributed by atoms with Crippen LogP contribution in [0.3, 0.4) is 0 Å². The maximum absolute atomic E-state index is 12.9. The van der Waals surface area contributed by atoms with Crippen molar-refractivity contribution in [1.29, 1.82) is 0 Å². The third-order valence-electron chi connectivity index (χ3n) is 5.49. The van der Waals surface area contributed by atoms with Gasteiger partial charge in [0.05, 0.1) is 30.2 Å². The van der Waals surface area contributed by atoms with Crippen molar-refractivity contribution in [3.8, 4) is 0 Å². The van der Waals surface area contributed by atoms with Crippen molar-refractivity contribution in [1.82, 2.24) is 19.8 Å². The average molecular weight is 342 g/mol. The van der Waals surface area contributed by atoms with Gasteiger partial charge < -0.3 is 14.3 Å². The molecule has 0 saturated heterocycles. The van der Waals surface area contributed by atoms with E-state index in [4.69, 9.17) is 4.42 Å². The summed E-state index contributed by atoms with van der Waals surface area (Å²) in [5.74, 6) is 2.47. The van der Waals surface area contributed by atoms with Crippen molar-refractivity contribution in [3.63, 3.8) is 0 Å². The molecule has 1 aliphatic heterocycles. The SMILES string of the molecule is Cc1ccc(CN2Cc3ncn(C)c3C(C(=O)NCC3CCC3)C2)o1. The second-order valence-corrected chi connectivity index (χ2v) is 7.46. The highest BCUT2D eigenvalue weighted by molar-refractivity contribution is 5.84. The molecule has 6 nitrogen and oxygen atoms in total. The van der Waals surface area contributed by atoms with Crippen LogP contribution in [0, 0.1) is 12.8 Å². The van der Waals surface area contributed by atoms with Crippen LogP contribution in [-0.2, 0) is 24.9 Å². The van der Waals surface area contributed by atoms with Gasteiger partial charge in [0.1, 0.15) is 11.5 Å². The van der Waals surface area contributed by atoms with E-state index in [0.717, 1.165) is 36.0 Å². The summed E-state index contributed by atoms with van der Waals surface area (Å²) in [6.07, 6.45) is 5.60. The van der Waals surface area contributed by atoms with Gasteiger partial charge in [-0.25, -0.2) is 4.98 Å². The van der Waals surface area contributed by atoms with Crippen molar-refractivity contribution in [2.45, 2.75) is 45.2 Å².